The van der Waals surface area contributed by atoms with E-state index in [1.54, 1.807) is 4.68 Å². The summed E-state index contributed by atoms with van der Waals surface area (Å²) in [7, 11) is 0. The minimum absolute atomic E-state index is 0.108. The summed E-state index contributed by atoms with van der Waals surface area (Å²) in [6.45, 7) is 5.36. The van der Waals surface area contributed by atoms with Crippen LogP contribution < -0.4 is 10.9 Å². The Labute approximate surface area is 179 Å². The predicted octanol–water partition coefficient (Wildman–Crippen LogP) is 3.26. The van der Waals surface area contributed by atoms with Crippen LogP contribution >= 0.6 is 0 Å². The number of nitrogens with one attached hydrogen (secondary N) is 2. The lowest BCUT2D eigenvalue weighted by atomic mass is 10.1. The molecule has 4 rings (SSSR count). The Balaban J connectivity index is 1.56. The van der Waals surface area contributed by atoms with Crippen LogP contribution in [0, 0.1) is 0 Å². The molecule has 0 bridgehead atoms. The number of benzene rings is 2. The maximum Gasteiger partial charge on any atom is 0.263 e. The van der Waals surface area contributed by atoms with Crippen LogP contribution in [0.15, 0.2) is 65.6 Å². The third-order valence-corrected chi connectivity index (χ3v) is 5.13. The molecular formula is C23H24N6O2. The van der Waals surface area contributed by atoms with Gasteiger partial charge in [-0.3, -0.25) is 14.6 Å². The lowest BCUT2D eigenvalue weighted by molar-refractivity contribution is -0.130. The summed E-state index contributed by atoms with van der Waals surface area (Å²) < 4.78 is 1.64. The summed E-state index contributed by atoms with van der Waals surface area (Å²) in [5.41, 5.74) is 2.72. The van der Waals surface area contributed by atoms with Gasteiger partial charge in [-0.05, 0) is 43.7 Å². The molecule has 2 aromatic carbocycles. The van der Waals surface area contributed by atoms with Crippen LogP contribution in [0.3, 0.4) is 0 Å². The molecule has 1 amide bonds. The molecule has 0 saturated carbocycles. The molecule has 8 heteroatoms. The number of carbonyl (C=O) groups excluding carboxylic acids is 1. The van der Waals surface area contributed by atoms with Gasteiger partial charge in [0.2, 0.25) is 11.9 Å². The number of carbonyl (C=O) groups is 1. The number of aromatic amines is 1. The number of fused-ring (bicyclic) bond motifs is 1. The van der Waals surface area contributed by atoms with Crippen molar-refractivity contribution >= 4 is 28.6 Å². The lowest BCUT2D eigenvalue weighted by Crippen LogP contribution is -2.31. The van der Waals surface area contributed by atoms with Crippen molar-refractivity contribution in [2.75, 3.05) is 18.4 Å². The molecule has 8 nitrogen and oxygen atoms in total. The van der Waals surface area contributed by atoms with Gasteiger partial charge in [-0.25, -0.2) is 4.68 Å². The van der Waals surface area contributed by atoms with Crippen molar-refractivity contribution < 1.29 is 4.79 Å². The standard InChI is InChI=1S/C23H24N6O2/c1-3-28(4-2)20(30)14-16-10-12-17(13-11-16)25-23-26-21-19(22(31)27-23)15-24-29(21)18-8-6-5-7-9-18/h5-13,15H,3-4,14H2,1-2H3,(H2,25,26,27,31). The second-order valence-electron chi connectivity index (χ2n) is 7.11. The van der Waals surface area contributed by atoms with E-state index in [0.29, 0.717) is 36.5 Å². The van der Waals surface area contributed by atoms with E-state index < -0.39 is 0 Å². The van der Waals surface area contributed by atoms with Gasteiger partial charge < -0.3 is 10.2 Å². The van der Waals surface area contributed by atoms with E-state index in [9.17, 15) is 9.59 Å². The summed E-state index contributed by atoms with van der Waals surface area (Å²) in [6, 6.07) is 17.1. The minimum Gasteiger partial charge on any atom is -0.343 e. The van der Waals surface area contributed by atoms with Crippen molar-refractivity contribution in [1.29, 1.82) is 0 Å². The Kier molecular flexibility index (Phi) is 5.79. The fourth-order valence-electron chi connectivity index (χ4n) is 3.44. The summed E-state index contributed by atoms with van der Waals surface area (Å²) in [5.74, 6) is 0.429. The second kappa shape index (κ2) is 8.83. The molecule has 0 aliphatic rings. The van der Waals surface area contributed by atoms with Crippen molar-refractivity contribution in [3.8, 4) is 5.69 Å². The normalized spacial score (nSPS) is 10.9. The highest BCUT2D eigenvalue weighted by atomic mass is 16.2. The van der Waals surface area contributed by atoms with Gasteiger partial charge in [0.25, 0.3) is 5.56 Å². The van der Waals surface area contributed by atoms with Crippen molar-refractivity contribution in [3.05, 3.63) is 76.7 Å². The van der Waals surface area contributed by atoms with Gasteiger partial charge in [-0.1, -0.05) is 30.3 Å². The molecule has 0 saturated heterocycles. The third-order valence-electron chi connectivity index (χ3n) is 5.13. The topological polar surface area (TPSA) is 95.9 Å². The monoisotopic (exact) mass is 416 g/mol. The van der Waals surface area contributed by atoms with Gasteiger partial charge in [-0.2, -0.15) is 10.1 Å². The van der Waals surface area contributed by atoms with Crippen LogP contribution in [0.5, 0.6) is 0 Å². The number of likely N-dealkylation sites (N-methyl/N-ethyl adjacent to an activating group) is 1. The molecule has 0 fully saturated rings. The largest absolute Gasteiger partial charge is 0.343 e. The molecule has 0 radical (unpaired) electrons. The summed E-state index contributed by atoms with van der Waals surface area (Å²) in [4.78, 5) is 33.9. The number of hydrogen-bond donors (Lipinski definition) is 2. The van der Waals surface area contributed by atoms with Crippen molar-refractivity contribution in [2.45, 2.75) is 20.3 Å². The second-order valence-corrected chi connectivity index (χ2v) is 7.11. The van der Waals surface area contributed by atoms with E-state index in [-0.39, 0.29) is 11.5 Å². The van der Waals surface area contributed by atoms with E-state index in [1.807, 2.05) is 73.3 Å². The molecule has 0 aliphatic heterocycles. The Morgan fingerprint density at radius 3 is 2.45 bits per heavy atom. The zero-order valence-electron chi connectivity index (χ0n) is 17.5. The van der Waals surface area contributed by atoms with Gasteiger partial charge >= 0.3 is 0 Å². The highest BCUT2D eigenvalue weighted by Gasteiger charge is 2.12. The Bertz CT molecular complexity index is 1240. The van der Waals surface area contributed by atoms with Crippen LogP contribution in [0.25, 0.3) is 16.7 Å². The summed E-state index contributed by atoms with van der Waals surface area (Å²) in [5, 5.41) is 7.86. The third kappa shape index (κ3) is 4.32. The highest BCUT2D eigenvalue weighted by Crippen LogP contribution is 2.18. The van der Waals surface area contributed by atoms with Crippen molar-refractivity contribution in [1.82, 2.24) is 24.6 Å². The lowest BCUT2D eigenvalue weighted by Gasteiger charge is -2.18. The van der Waals surface area contributed by atoms with Crippen LogP contribution in [0.4, 0.5) is 11.6 Å². The molecule has 31 heavy (non-hydrogen) atoms. The minimum atomic E-state index is -0.267. The average Bonchev–Trinajstić information content (AvgIpc) is 3.21. The summed E-state index contributed by atoms with van der Waals surface area (Å²) >= 11 is 0. The van der Waals surface area contributed by atoms with Gasteiger partial charge in [0, 0.05) is 18.8 Å². The average molecular weight is 416 g/mol. The van der Waals surface area contributed by atoms with Gasteiger partial charge in [-0.15, -0.1) is 0 Å². The van der Waals surface area contributed by atoms with E-state index in [0.717, 1.165) is 16.9 Å². The molecule has 0 unspecified atom stereocenters. The van der Waals surface area contributed by atoms with Crippen molar-refractivity contribution in [2.24, 2.45) is 0 Å². The van der Waals surface area contributed by atoms with E-state index in [4.69, 9.17) is 0 Å². The molecular weight excluding hydrogens is 392 g/mol. The number of aromatic nitrogens is 4. The Morgan fingerprint density at radius 1 is 1.06 bits per heavy atom. The van der Waals surface area contributed by atoms with Gasteiger partial charge in [0.1, 0.15) is 5.39 Å². The number of anilines is 2. The first-order valence-electron chi connectivity index (χ1n) is 10.3. The smallest absolute Gasteiger partial charge is 0.263 e. The maximum atomic E-state index is 12.5. The zero-order valence-corrected chi connectivity index (χ0v) is 17.5. The van der Waals surface area contributed by atoms with Crippen molar-refractivity contribution in [3.63, 3.8) is 0 Å². The molecule has 0 aliphatic carbocycles. The van der Waals surface area contributed by atoms with E-state index in [2.05, 4.69) is 20.4 Å². The highest BCUT2D eigenvalue weighted by molar-refractivity contribution is 5.79. The zero-order chi connectivity index (χ0) is 21.8. The van der Waals surface area contributed by atoms with Gasteiger partial charge in [0.05, 0.1) is 18.3 Å². The quantitative estimate of drug-likeness (QED) is 0.482. The Morgan fingerprint density at radius 2 is 1.77 bits per heavy atom. The number of nitrogens with zero attached hydrogens (tertiary/aromatic N) is 4. The first kappa shape index (κ1) is 20.3. The first-order valence-corrected chi connectivity index (χ1v) is 10.3. The molecule has 2 N–H and O–H groups in total. The van der Waals surface area contributed by atoms with Gasteiger partial charge in [0.15, 0.2) is 5.65 Å². The number of amides is 1. The molecule has 0 spiro atoms. The van der Waals surface area contributed by atoms with Crippen LogP contribution in [0.1, 0.15) is 19.4 Å². The molecule has 0 atom stereocenters. The summed E-state index contributed by atoms with van der Waals surface area (Å²) in [6.07, 6.45) is 1.87. The fraction of sp³-hybridized carbons (Fsp3) is 0.217. The molecule has 4 aromatic rings. The molecule has 158 valence electrons. The van der Waals surface area contributed by atoms with E-state index in [1.165, 1.54) is 6.20 Å². The number of rotatable bonds is 7. The van der Waals surface area contributed by atoms with Crippen LogP contribution in [-0.2, 0) is 11.2 Å². The predicted molar refractivity (Wildman–Crippen MR) is 121 cm³/mol. The molecule has 2 aromatic heterocycles. The maximum absolute atomic E-state index is 12.5. The van der Waals surface area contributed by atoms with E-state index >= 15 is 0 Å². The number of hydrogen-bond acceptors (Lipinski definition) is 5. The van der Waals surface area contributed by atoms with Crippen LogP contribution in [0.2, 0.25) is 0 Å². The number of H-pyrrole nitrogens is 1. The Hall–Kier alpha value is -3.94. The molecule has 2 heterocycles. The SMILES string of the molecule is CCN(CC)C(=O)Cc1ccc(Nc2nc3c(cnn3-c3ccccc3)c(=O)[nH]2)cc1. The number of para-hydroxylation sites is 1. The first-order chi connectivity index (χ1) is 15.1. The fourth-order valence-corrected chi connectivity index (χ4v) is 3.44. The van der Waals surface area contributed by atoms with Crippen LogP contribution in [-0.4, -0.2) is 43.6 Å².